The van der Waals surface area contributed by atoms with Crippen LogP contribution in [0.2, 0.25) is 0 Å². The number of nitriles is 1. The van der Waals surface area contributed by atoms with E-state index in [-0.39, 0.29) is 0 Å². The standard InChI is InChI=1S/C19H19N5/c1-14-9-19(18(10-20)15(2)23-14)22-11-16-3-5-17(6-4-16)12-24-8-7-21-13-24/h3-9,13H,11-12H2,1-2H3,(H,22,23). The lowest BCUT2D eigenvalue weighted by Crippen LogP contribution is -2.05. The molecule has 1 N–H and O–H groups in total. The number of benzene rings is 1. The quantitative estimate of drug-likeness (QED) is 0.783. The fourth-order valence-corrected chi connectivity index (χ4v) is 2.66. The number of imidazole rings is 1. The maximum absolute atomic E-state index is 9.31. The SMILES string of the molecule is Cc1cc(NCc2ccc(Cn3ccnc3)cc2)c(C#N)c(C)n1. The van der Waals surface area contributed by atoms with Crippen molar-refractivity contribution in [3.8, 4) is 6.07 Å². The van der Waals surface area contributed by atoms with Crippen molar-refractivity contribution in [2.75, 3.05) is 5.32 Å². The first-order valence-corrected chi connectivity index (χ1v) is 7.81. The van der Waals surface area contributed by atoms with Crippen molar-refractivity contribution >= 4 is 5.69 Å². The van der Waals surface area contributed by atoms with Crippen molar-refractivity contribution in [2.24, 2.45) is 0 Å². The molecule has 24 heavy (non-hydrogen) atoms. The van der Waals surface area contributed by atoms with Gasteiger partial charge in [0.25, 0.3) is 0 Å². The van der Waals surface area contributed by atoms with E-state index in [1.165, 1.54) is 11.1 Å². The fourth-order valence-electron chi connectivity index (χ4n) is 2.66. The fraction of sp³-hybridized carbons (Fsp3) is 0.211. The number of hydrogen-bond donors (Lipinski definition) is 1. The molecule has 0 aliphatic rings. The third-order valence-corrected chi connectivity index (χ3v) is 3.87. The summed E-state index contributed by atoms with van der Waals surface area (Å²) in [4.78, 5) is 8.39. The predicted molar refractivity (Wildman–Crippen MR) is 93.5 cm³/mol. The van der Waals surface area contributed by atoms with Gasteiger partial charge in [-0.3, -0.25) is 4.98 Å². The molecule has 0 bridgehead atoms. The van der Waals surface area contributed by atoms with E-state index in [2.05, 4.69) is 45.6 Å². The molecule has 0 saturated heterocycles. The van der Waals surface area contributed by atoms with Gasteiger partial charge in [-0.15, -0.1) is 0 Å². The molecule has 0 aliphatic carbocycles. The first kappa shape index (κ1) is 15.8. The van der Waals surface area contributed by atoms with Gasteiger partial charge in [0.15, 0.2) is 0 Å². The molecule has 0 aliphatic heterocycles. The molecule has 3 aromatic rings. The predicted octanol–water partition coefficient (Wildman–Crippen LogP) is 3.43. The number of aryl methyl sites for hydroxylation is 2. The summed E-state index contributed by atoms with van der Waals surface area (Å²) in [5.41, 5.74) is 5.51. The molecule has 0 atom stereocenters. The third kappa shape index (κ3) is 3.61. The van der Waals surface area contributed by atoms with Gasteiger partial charge in [0.2, 0.25) is 0 Å². The van der Waals surface area contributed by atoms with Crippen LogP contribution in [-0.4, -0.2) is 14.5 Å². The van der Waals surface area contributed by atoms with E-state index < -0.39 is 0 Å². The van der Waals surface area contributed by atoms with Crippen molar-refractivity contribution < 1.29 is 0 Å². The van der Waals surface area contributed by atoms with Gasteiger partial charge in [0.05, 0.1) is 23.3 Å². The summed E-state index contributed by atoms with van der Waals surface area (Å²) in [5, 5.41) is 12.7. The van der Waals surface area contributed by atoms with Crippen LogP contribution >= 0.6 is 0 Å². The van der Waals surface area contributed by atoms with E-state index in [1.54, 1.807) is 6.20 Å². The van der Waals surface area contributed by atoms with Crippen LogP contribution in [0.1, 0.15) is 28.1 Å². The summed E-state index contributed by atoms with van der Waals surface area (Å²) in [6, 6.07) is 12.6. The summed E-state index contributed by atoms with van der Waals surface area (Å²) in [6.45, 7) is 5.28. The number of anilines is 1. The second-order valence-corrected chi connectivity index (χ2v) is 5.79. The van der Waals surface area contributed by atoms with Crippen LogP contribution < -0.4 is 5.32 Å². The third-order valence-electron chi connectivity index (χ3n) is 3.87. The molecule has 0 unspecified atom stereocenters. The van der Waals surface area contributed by atoms with Crippen molar-refractivity contribution in [3.63, 3.8) is 0 Å². The zero-order chi connectivity index (χ0) is 16.9. The number of pyridine rings is 1. The van der Waals surface area contributed by atoms with Gasteiger partial charge < -0.3 is 9.88 Å². The number of hydrogen-bond acceptors (Lipinski definition) is 4. The van der Waals surface area contributed by atoms with Crippen molar-refractivity contribution in [1.29, 1.82) is 5.26 Å². The summed E-state index contributed by atoms with van der Waals surface area (Å²) in [6.07, 6.45) is 5.55. The minimum atomic E-state index is 0.609. The van der Waals surface area contributed by atoms with Crippen LogP contribution in [-0.2, 0) is 13.1 Å². The molecule has 120 valence electrons. The Balaban J connectivity index is 1.68. The van der Waals surface area contributed by atoms with E-state index in [4.69, 9.17) is 0 Å². The molecule has 0 fully saturated rings. The zero-order valence-electron chi connectivity index (χ0n) is 13.8. The molecule has 5 nitrogen and oxygen atoms in total. The van der Waals surface area contributed by atoms with Gasteiger partial charge >= 0.3 is 0 Å². The van der Waals surface area contributed by atoms with Gasteiger partial charge in [-0.2, -0.15) is 5.26 Å². The molecule has 0 radical (unpaired) electrons. The molecule has 1 aromatic carbocycles. The highest BCUT2D eigenvalue weighted by atomic mass is 15.0. The largest absolute Gasteiger partial charge is 0.380 e. The van der Waals surface area contributed by atoms with Gasteiger partial charge in [0.1, 0.15) is 6.07 Å². The average molecular weight is 317 g/mol. The molecule has 0 spiro atoms. The summed E-state index contributed by atoms with van der Waals surface area (Å²) in [5.74, 6) is 0. The topological polar surface area (TPSA) is 66.5 Å². The van der Waals surface area contributed by atoms with E-state index in [0.29, 0.717) is 12.1 Å². The molecular weight excluding hydrogens is 298 g/mol. The van der Waals surface area contributed by atoms with E-state index >= 15 is 0 Å². The van der Waals surface area contributed by atoms with Crippen molar-refractivity contribution in [1.82, 2.24) is 14.5 Å². The minimum Gasteiger partial charge on any atom is -0.380 e. The smallest absolute Gasteiger partial charge is 0.103 e. The van der Waals surface area contributed by atoms with Crippen LogP contribution in [0.5, 0.6) is 0 Å². The molecule has 3 rings (SSSR count). The van der Waals surface area contributed by atoms with Crippen LogP contribution in [0.4, 0.5) is 5.69 Å². The van der Waals surface area contributed by atoms with Crippen LogP contribution in [0.15, 0.2) is 49.1 Å². The average Bonchev–Trinajstić information content (AvgIpc) is 3.07. The lowest BCUT2D eigenvalue weighted by Gasteiger charge is -2.11. The number of nitrogens with zero attached hydrogens (tertiary/aromatic N) is 4. The Morgan fingerprint density at radius 2 is 1.92 bits per heavy atom. The van der Waals surface area contributed by atoms with Gasteiger partial charge in [0, 0.05) is 31.2 Å². The number of nitrogens with one attached hydrogen (secondary N) is 1. The highest BCUT2D eigenvalue weighted by Crippen LogP contribution is 2.19. The first-order chi connectivity index (χ1) is 11.7. The maximum atomic E-state index is 9.31. The minimum absolute atomic E-state index is 0.609. The molecule has 2 heterocycles. The monoisotopic (exact) mass is 317 g/mol. The Bertz CT molecular complexity index is 858. The van der Waals surface area contributed by atoms with Gasteiger partial charge in [-0.05, 0) is 31.0 Å². The van der Waals surface area contributed by atoms with E-state index in [0.717, 1.165) is 23.6 Å². The zero-order valence-corrected chi connectivity index (χ0v) is 13.8. The van der Waals surface area contributed by atoms with Crippen LogP contribution in [0, 0.1) is 25.2 Å². The van der Waals surface area contributed by atoms with Crippen LogP contribution in [0.3, 0.4) is 0 Å². The van der Waals surface area contributed by atoms with Crippen molar-refractivity contribution in [2.45, 2.75) is 26.9 Å². The summed E-state index contributed by atoms with van der Waals surface area (Å²) in [7, 11) is 0. The molecule has 5 heteroatoms. The Morgan fingerprint density at radius 3 is 2.58 bits per heavy atom. The Hall–Kier alpha value is -3.13. The molecule has 0 saturated carbocycles. The lowest BCUT2D eigenvalue weighted by molar-refractivity contribution is 0.797. The van der Waals surface area contributed by atoms with Gasteiger partial charge in [-0.25, -0.2) is 4.98 Å². The Kier molecular flexibility index (Phi) is 4.57. The highest BCUT2D eigenvalue weighted by molar-refractivity contribution is 5.60. The highest BCUT2D eigenvalue weighted by Gasteiger charge is 2.07. The first-order valence-electron chi connectivity index (χ1n) is 7.81. The van der Waals surface area contributed by atoms with E-state index in [9.17, 15) is 5.26 Å². The maximum Gasteiger partial charge on any atom is 0.103 e. The Morgan fingerprint density at radius 1 is 1.17 bits per heavy atom. The Labute approximate surface area is 141 Å². The second kappa shape index (κ2) is 6.97. The van der Waals surface area contributed by atoms with Crippen molar-refractivity contribution in [3.05, 3.63) is 77.1 Å². The lowest BCUT2D eigenvalue weighted by atomic mass is 10.1. The second-order valence-electron chi connectivity index (χ2n) is 5.79. The van der Waals surface area contributed by atoms with Gasteiger partial charge in [-0.1, -0.05) is 24.3 Å². The normalized spacial score (nSPS) is 10.4. The summed E-state index contributed by atoms with van der Waals surface area (Å²) >= 11 is 0. The molecular formula is C19H19N5. The molecule has 2 aromatic heterocycles. The van der Waals surface area contributed by atoms with Crippen LogP contribution in [0.25, 0.3) is 0 Å². The number of aromatic nitrogens is 3. The van der Waals surface area contributed by atoms with E-state index in [1.807, 2.05) is 37.0 Å². The summed E-state index contributed by atoms with van der Waals surface area (Å²) < 4.78 is 2.04. The number of rotatable bonds is 5. The molecule has 0 amide bonds.